The first kappa shape index (κ1) is 19.9. The molecule has 1 aliphatic carbocycles. The lowest BCUT2D eigenvalue weighted by molar-refractivity contribution is -0.106. The third-order valence-electron chi connectivity index (χ3n) is 6.19. The van der Waals surface area contributed by atoms with Crippen LogP contribution in [-0.4, -0.2) is 44.8 Å². The van der Waals surface area contributed by atoms with E-state index in [0.29, 0.717) is 30.3 Å². The molecule has 1 aromatic rings. The monoisotopic (exact) mass is 376 g/mol. The number of guanidine groups is 1. The fourth-order valence-electron chi connectivity index (χ4n) is 4.63. The molecule has 1 heterocycles. The van der Waals surface area contributed by atoms with E-state index >= 15 is 0 Å². The van der Waals surface area contributed by atoms with Crippen LogP contribution in [0.25, 0.3) is 0 Å². The Morgan fingerprint density at radius 2 is 2.07 bits per heavy atom. The Morgan fingerprint density at radius 3 is 2.70 bits per heavy atom. The van der Waals surface area contributed by atoms with Crippen molar-refractivity contribution in [3.05, 3.63) is 29.6 Å². The highest BCUT2D eigenvalue weighted by molar-refractivity contribution is 5.80. The van der Waals surface area contributed by atoms with E-state index in [1.165, 1.54) is 0 Å². The summed E-state index contributed by atoms with van der Waals surface area (Å²) in [6.07, 6.45) is 1.44. The molecule has 1 saturated carbocycles. The Bertz CT molecular complexity index is 687. The highest BCUT2D eigenvalue weighted by Crippen LogP contribution is 2.52. The van der Waals surface area contributed by atoms with Gasteiger partial charge in [-0.1, -0.05) is 19.9 Å². The third-order valence-corrected chi connectivity index (χ3v) is 6.19. The average molecular weight is 377 g/mol. The van der Waals surface area contributed by atoms with Crippen molar-refractivity contribution in [1.29, 1.82) is 0 Å². The van der Waals surface area contributed by atoms with Gasteiger partial charge in [-0.3, -0.25) is 4.99 Å². The minimum atomic E-state index is -0.174. The lowest BCUT2D eigenvalue weighted by atomic mass is 9.57. The van der Waals surface area contributed by atoms with Crippen molar-refractivity contribution in [1.82, 2.24) is 10.6 Å². The Balaban J connectivity index is 1.59. The fourth-order valence-corrected chi connectivity index (χ4v) is 4.63. The van der Waals surface area contributed by atoms with Crippen molar-refractivity contribution in [2.45, 2.75) is 52.8 Å². The summed E-state index contributed by atoms with van der Waals surface area (Å²) in [5.41, 5.74) is 1.66. The van der Waals surface area contributed by atoms with Crippen LogP contribution in [0.4, 0.5) is 10.1 Å². The van der Waals surface area contributed by atoms with Crippen LogP contribution in [-0.2, 0) is 11.3 Å². The van der Waals surface area contributed by atoms with E-state index in [9.17, 15) is 4.39 Å². The zero-order chi connectivity index (χ0) is 19.6. The van der Waals surface area contributed by atoms with Gasteiger partial charge in [-0.05, 0) is 38.0 Å². The molecule has 1 aromatic carbocycles. The number of benzene rings is 1. The Kier molecular flexibility index (Phi) is 5.94. The fraction of sp³-hybridized carbons (Fsp3) is 0.667. The number of anilines is 1. The highest BCUT2D eigenvalue weighted by Gasteiger charge is 2.59. The largest absolute Gasteiger partial charge is 0.377 e. The maximum atomic E-state index is 14.5. The molecule has 1 aliphatic heterocycles. The van der Waals surface area contributed by atoms with Gasteiger partial charge in [0, 0.05) is 50.7 Å². The molecule has 150 valence electrons. The number of rotatable bonds is 6. The number of hydrogen-bond acceptors (Lipinski definition) is 3. The first-order valence-corrected chi connectivity index (χ1v) is 10.0. The summed E-state index contributed by atoms with van der Waals surface area (Å²) < 4.78 is 20.3. The van der Waals surface area contributed by atoms with Crippen LogP contribution >= 0.6 is 0 Å². The molecule has 2 fully saturated rings. The van der Waals surface area contributed by atoms with Crippen LogP contribution in [0.5, 0.6) is 0 Å². The topological polar surface area (TPSA) is 48.9 Å². The van der Waals surface area contributed by atoms with Crippen molar-refractivity contribution in [2.75, 3.05) is 31.6 Å². The standard InChI is InChI=1S/C21H33FN4O/c1-6-26(7-2)17-9-8-14(12-16(17)22)13-24-20(23-5)25-18-15-10-11-27-19(15)21(18,3)4/h8-9,12,15,18-19H,6-7,10-11,13H2,1-5H3,(H2,23,24,25). The average Bonchev–Trinajstić information content (AvgIpc) is 3.11. The molecule has 5 nitrogen and oxygen atoms in total. The summed E-state index contributed by atoms with van der Waals surface area (Å²) in [6.45, 7) is 11.5. The molecule has 2 aliphatic rings. The number of aliphatic imine (C=N–C) groups is 1. The van der Waals surface area contributed by atoms with Gasteiger partial charge in [0.2, 0.25) is 0 Å². The van der Waals surface area contributed by atoms with Gasteiger partial charge < -0.3 is 20.3 Å². The maximum absolute atomic E-state index is 14.5. The predicted molar refractivity (Wildman–Crippen MR) is 109 cm³/mol. The summed E-state index contributed by atoms with van der Waals surface area (Å²) in [5, 5.41) is 6.88. The zero-order valence-corrected chi connectivity index (χ0v) is 17.2. The van der Waals surface area contributed by atoms with E-state index in [1.54, 1.807) is 13.1 Å². The molecule has 2 N–H and O–H groups in total. The van der Waals surface area contributed by atoms with E-state index in [0.717, 1.165) is 37.6 Å². The Labute approximate surface area is 162 Å². The number of fused-ring (bicyclic) bond motifs is 1. The second-order valence-corrected chi connectivity index (χ2v) is 8.07. The van der Waals surface area contributed by atoms with Crippen molar-refractivity contribution in [2.24, 2.45) is 16.3 Å². The van der Waals surface area contributed by atoms with E-state index < -0.39 is 0 Å². The second-order valence-electron chi connectivity index (χ2n) is 8.07. The normalized spacial score (nSPS) is 26.3. The number of halogens is 1. The Morgan fingerprint density at radius 1 is 1.33 bits per heavy atom. The molecule has 1 saturated heterocycles. The molecular formula is C21H33FN4O. The van der Waals surface area contributed by atoms with Gasteiger partial charge in [0.25, 0.3) is 0 Å². The van der Waals surface area contributed by atoms with Gasteiger partial charge in [-0.2, -0.15) is 0 Å². The molecule has 3 atom stereocenters. The molecule has 3 rings (SSSR count). The van der Waals surface area contributed by atoms with E-state index in [-0.39, 0.29) is 11.2 Å². The quantitative estimate of drug-likeness (QED) is 0.592. The minimum Gasteiger partial charge on any atom is -0.377 e. The van der Waals surface area contributed by atoms with Gasteiger partial charge in [0.15, 0.2) is 5.96 Å². The molecule has 0 aromatic heterocycles. The van der Waals surface area contributed by atoms with E-state index in [1.807, 2.05) is 30.9 Å². The molecule has 0 spiro atoms. The minimum absolute atomic E-state index is 0.0936. The molecular weight excluding hydrogens is 343 g/mol. The highest BCUT2D eigenvalue weighted by atomic mass is 19.1. The zero-order valence-electron chi connectivity index (χ0n) is 17.2. The number of nitrogens with one attached hydrogen (secondary N) is 2. The predicted octanol–water partition coefficient (Wildman–Crippen LogP) is 3.15. The van der Waals surface area contributed by atoms with Crippen molar-refractivity contribution < 1.29 is 9.13 Å². The lowest BCUT2D eigenvalue weighted by Crippen LogP contribution is -2.67. The number of nitrogens with zero attached hydrogens (tertiary/aromatic N) is 2. The first-order chi connectivity index (χ1) is 12.9. The van der Waals surface area contributed by atoms with E-state index in [4.69, 9.17) is 4.74 Å². The van der Waals surface area contributed by atoms with Crippen LogP contribution in [0, 0.1) is 17.2 Å². The van der Waals surface area contributed by atoms with Crippen molar-refractivity contribution in [3.8, 4) is 0 Å². The summed E-state index contributed by atoms with van der Waals surface area (Å²) in [7, 11) is 1.77. The van der Waals surface area contributed by atoms with Gasteiger partial charge in [0.05, 0.1) is 11.8 Å². The van der Waals surface area contributed by atoms with Crippen LogP contribution in [0.1, 0.15) is 39.7 Å². The summed E-state index contributed by atoms with van der Waals surface area (Å²) in [4.78, 5) is 6.37. The first-order valence-electron chi connectivity index (χ1n) is 10.0. The molecule has 0 bridgehead atoms. The van der Waals surface area contributed by atoms with Crippen molar-refractivity contribution >= 4 is 11.6 Å². The molecule has 27 heavy (non-hydrogen) atoms. The number of hydrogen-bond donors (Lipinski definition) is 2. The molecule has 3 unspecified atom stereocenters. The van der Waals surface area contributed by atoms with Crippen LogP contribution < -0.4 is 15.5 Å². The SMILES string of the molecule is CCN(CC)c1ccc(CNC(=NC)NC2C3CCOC3C2(C)C)cc1F. The Hall–Kier alpha value is -1.82. The summed E-state index contributed by atoms with van der Waals surface area (Å²) >= 11 is 0. The van der Waals surface area contributed by atoms with Crippen LogP contribution in [0.3, 0.4) is 0 Å². The smallest absolute Gasteiger partial charge is 0.191 e. The van der Waals surface area contributed by atoms with Crippen LogP contribution in [0.15, 0.2) is 23.2 Å². The molecule has 0 radical (unpaired) electrons. The van der Waals surface area contributed by atoms with E-state index in [2.05, 4.69) is 29.5 Å². The van der Waals surface area contributed by atoms with Crippen molar-refractivity contribution in [3.63, 3.8) is 0 Å². The maximum Gasteiger partial charge on any atom is 0.191 e. The third kappa shape index (κ3) is 3.77. The summed E-state index contributed by atoms with van der Waals surface area (Å²) in [6, 6.07) is 5.80. The lowest BCUT2D eigenvalue weighted by Gasteiger charge is -2.54. The van der Waals surface area contributed by atoms with Gasteiger partial charge in [0.1, 0.15) is 5.82 Å². The second kappa shape index (κ2) is 8.05. The number of ether oxygens (including phenoxy) is 1. The van der Waals surface area contributed by atoms with Gasteiger partial charge >= 0.3 is 0 Å². The van der Waals surface area contributed by atoms with Crippen LogP contribution in [0.2, 0.25) is 0 Å². The molecule has 6 heteroatoms. The van der Waals surface area contributed by atoms with Gasteiger partial charge in [-0.25, -0.2) is 4.39 Å². The molecule has 0 amide bonds. The van der Waals surface area contributed by atoms with Gasteiger partial charge in [-0.15, -0.1) is 0 Å². The summed E-state index contributed by atoms with van der Waals surface area (Å²) in [5.74, 6) is 1.13.